The van der Waals surface area contributed by atoms with Gasteiger partial charge in [0, 0.05) is 18.4 Å². The zero-order valence-electron chi connectivity index (χ0n) is 14.5. The number of benzene rings is 2. The molecule has 0 saturated carbocycles. The summed E-state index contributed by atoms with van der Waals surface area (Å²) in [5.74, 6) is 2.26. The molecule has 1 aliphatic rings. The van der Waals surface area contributed by atoms with Crippen LogP contribution in [0.15, 0.2) is 54.7 Å². The van der Waals surface area contributed by atoms with Gasteiger partial charge < -0.3 is 20.1 Å². The first-order valence-corrected chi connectivity index (χ1v) is 8.37. The summed E-state index contributed by atoms with van der Waals surface area (Å²) in [6.45, 7) is 0.727. The van der Waals surface area contributed by atoms with Gasteiger partial charge in [0.15, 0.2) is 11.5 Å². The van der Waals surface area contributed by atoms with E-state index in [0.29, 0.717) is 29.5 Å². The minimum absolute atomic E-state index is 0.219. The minimum Gasteiger partial charge on any atom is -0.454 e. The average Bonchev–Trinajstić information content (AvgIpc) is 3.14. The van der Waals surface area contributed by atoms with E-state index in [1.54, 1.807) is 12.3 Å². The Bertz CT molecular complexity index is 978. The summed E-state index contributed by atoms with van der Waals surface area (Å²) >= 11 is 0. The van der Waals surface area contributed by atoms with Crippen molar-refractivity contribution in [3.05, 3.63) is 65.9 Å². The summed E-state index contributed by atoms with van der Waals surface area (Å²) in [6, 6.07) is 12.0. The van der Waals surface area contributed by atoms with Crippen molar-refractivity contribution in [1.82, 2.24) is 9.97 Å². The Morgan fingerprint density at radius 1 is 0.964 bits per heavy atom. The minimum atomic E-state index is -4.37. The third-order valence-electron chi connectivity index (χ3n) is 4.03. The molecular formula is C19H15F3N4O2. The summed E-state index contributed by atoms with van der Waals surface area (Å²) in [5, 5.41) is 6.06. The van der Waals surface area contributed by atoms with Crippen LogP contribution in [0.2, 0.25) is 0 Å². The largest absolute Gasteiger partial charge is 0.454 e. The lowest BCUT2D eigenvalue weighted by atomic mass is 10.2. The second kappa shape index (κ2) is 7.26. The van der Waals surface area contributed by atoms with Crippen molar-refractivity contribution in [2.45, 2.75) is 12.7 Å². The molecule has 6 nitrogen and oxygen atoms in total. The van der Waals surface area contributed by atoms with Crippen molar-refractivity contribution >= 4 is 17.5 Å². The van der Waals surface area contributed by atoms with Gasteiger partial charge in [0.1, 0.15) is 5.82 Å². The molecule has 2 aromatic carbocycles. The Hall–Kier alpha value is -3.49. The van der Waals surface area contributed by atoms with Crippen LogP contribution in [0, 0.1) is 0 Å². The average molecular weight is 388 g/mol. The van der Waals surface area contributed by atoms with E-state index in [9.17, 15) is 13.2 Å². The predicted octanol–water partition coefficient (Wildman–Crippen LogP) is 4.58. The number of nitrogens with zero attached hydrogens (tertiary/aromatic N) is 2. The van der Waals surface area contributed by atoms with Gasteiger partial charge in [0.2, 0.25) is 12.7 Å². The number of hydrogen-bond acceptors (Lipinski definition) is 6. The Balaban J connectivity index is 1.40. The van der Waals surface area contributed by atoms with E-state index in [0.717, 1.165) is 17.7 Å². The molecule has 3 aromatic rings. The lowest BCUT2D eigenvalue weighted by Gasteiger charge is -2.10. The molecular weight excluding hydrogens is 373 g/mol. The number of rotatable bonds is 5. The number of hydrogen-bond donors (Lipinski definition) is 2. The van der Waals surface area contributed by atoms with E-state index in [-0.39, 0.29) is 12.7 Å². The maximum atomic E-state index is 12.6. The molecule has 1 aromatic heterocycles. The van der Waals surface area contributed by atoms with Crippen LogP contribution in [0.4, 0.5) is 30.6 Å². The standard InChI is InChI=1S/C19H15F3N4O2/c20-19(21,22)13-2-4-14(5-3-13)25-18-23-8-7-17(26-18)24-10-12-1-6-15-16(9-12)28-11-27-15/h1-9H,10-11H2,(H2,23,24,25,26). The highest BCUT2D eigenvalue weighted by Crippen LogP contribution is 2.33. The second-order valence-corrected chi connectivity index (χ2v) is 6.01. The van der Waals surface area contributed by atoms with Crippen molar-refractivity contribution in [3.63, 3.8) is 0 Å². The van der Waals surface area contributed by atoms with Gasteiger partial charge in [-0.1, -0.05) is 6.07 Å². The first-order chi connectivity index (χ1) is 13.5. The highest BCUT2D eigenvalue weighted by atomic mass is 19.4. The molecule has 0 spiro atoms. The van der Waals surface area contributed by atoms with Crippen molar-refractivity contribution in [2.24, 2.45) is 0 Å². The monoisotopic (exact) mass is 388 g/mol. The molecule has 0 fully saturated rings. The fourth-order valence-corrected chi connectivity index (χ4v) is 2.63. The molecule has 144 valence electrons. The molecule has 1 aliphatic heterocycles. The van der Waals surface area contributed by atoms with Gasteiger partial charge in [0.25, 0.3) is 0 Å². The molecule has 4 rings (SSSR count). The molecule has 0 unspecified atom stereocenters. The quantitative estimate of drug-likeness (QED) is 0.667. The predicted molar refractivity (Wildman–Crippen MR) is 96.7 cm³/mol. The number of fused-ring (bicyclic) bond motifs is 1. The summed E-state index contributed by atoms with van der Waals surface area (Å²) in [6.07, 6.45) is -2.81. The summed E-state index contributed by atoms with van der Waals surface area (Å²) in [4.78, 5) is 8.40. The van der Waals surface area contributed by atoms with Crippen LogP contribution in [0.1, 0.15) is 11.1 Å². The number of halogens is 3. The number of nitrogens with one attached hydrogen (secondary N) is 2. The normalized spacial score (nSPS) is 12.7. The maximum Gasteiger partial charge on any atom is 0.416 e. The number of ether oxygens (including phenoxy) is 2. The number of anilines is 3. The van der Waals surface area contributed by atoms with Crippen LogP contribution in [-0.2, 0) is 12.7 Å². The van der Waals surface area contributed by atoms with Gasteiger partial charge in [-0.2, -0.15) is 18.2 Å². The highest BCUT2D eigenvalue weighted by molar-refractivity contribution is 5.55. The molecule has 2 N–H and O–H groups in total. The van der Waals surface area contributed by atoms with Crippen LogP contribution in [0.5, 0.6) is 11.5 Å². The Kier molecular flexibility index (Phi) is 4.64. The van der Waals surface area contributed by atoms with Gasteiger partial charge in [-0.25, -0.2) is 4.98 Å². The van der Waals surface area contributed by atoms with Crippen molar-refractivity contribution < 1.29 is 22.6 Å². The molecule has 28 heavy (non-hydrogen) atoms. The Morgan fingerprint density at radius 3 is 2.54 bits per heavy atom. The van der Waals surface area contributed by atoms with Crippen molar-refractivity contribution in [3.8, 4) is 11.5 Å². The van der Waals surface area contributed by atoms with Crippen LogP contribution in [0.25, 0.3) is 0 Å². The number of alkyl halides is 3. The fourth-order valence-electron chi connectivity index (χ4n) is 2.63. The molecule has 2 heterocycles. The first kappa shape index (κ1) is 17.9. The van der Waals surface area contributed by atoms with Gasteiger partial charge in [0.05, 0.1) is 5.56 Å². The number of aromatic nitrogens is 2. The lowest BCUT2D eigenvalue weighted by molar-refractivity contribution is -0.137. The molecule has 0 saturated heterocycles. The topological polar surface area (TPSA) is 68.3 Å². The van der Waals surface area contributed by atoms with Crippen LogP contribution in [-0.4, -0.2) is 16.8 Å². The molecule has 9 heteroatoms. The zero-order chi connectivity index (χ0) is 19.6. The fraction of sp³-hybridized carbons (Fsp3) is 0.158. The SMILES string of the molecule is FC(F)(F)c1ccc(Nc2nccc(NCc3ccc4c(c3)OCO4)n2)cc1. The maximum absolute atomic E-state index is 12.6. The molecule has 0 radical (unpaired) electrons. The van der Waals surface area contributed by atoms with Crippen molar-refractivity contribution in [2.75, 3.05) is 17.4 Å². The van der Waals surface area contributed by atoms with Gasteiger partial charge in [-0.05, 0) is 48.0 Å². The summed E-state index contributed by atoms with van der Waals surface area (Å²) < 4.78 is 48.5. The summed E-state index contributed by atoms with van der Waals surface area (Å²) in [5.41, 5.74) is 0.735. The van der Waals surface area contributed by atoms with Crippen LogP contribution in [0.3, 0.4) is 0 Å². The van der Waals surface area contributed by atoms with Crippen LogP contribution < -0.4 is 20.1 Å². The molecule has 0 aliphatic carbocycles. The first-order valence-electron chi connectivity index (χ1n) is 8.37. The van der Waals surface area contributed by atoms with Gasteiger partial charge in [-0.15, -0.1) is 0 Å². The second-order valence-electron chi connectivity index (χ2n) is 6.01. The zero-order valence-corrected chi connectivity index (χ0v) is 14.5. The third-order valence-corrected chi connectivity index (χ3v) is 4.03. The van der Waals surface area contributed by atoms with E-state index in [1.165, 1.54) is 12.1 Å². The molecule has 0 amide bonds. The van der Waals surface area contributed by atoms with Gasteiger partial charge >= 0.3 is 6.18 Å². The van der Waals surface area contributed by atoms with Gasteiger partial charge in [-0.3, -0.25) is 0 Å². The van der Waals surface area contributed by atoms with E-state index in [2.05, 4.69) is 20.6 Å². The van der Waals surface area contributed by atoms with E-state index in [1.807, 2.05) is 18.2 Å². The summed E-state index contributed by atoms with van der Waals surface area (Å²) in [7, 11) is 0. The smallest absolute Gasteiger partial charge is 0.416 e. The van der Waals surface area contributed by atoms with Crippen LogP contribution >= 0.6 is 0 Å². The molecule has 0 bridgehead atoms. The Morgan fingerprint density at radius 2 is 1.75 bits per heavy atom. The highest BCUT2D eigenvalue weighted by Gasteiger charge is 2.29. The molecule has 0 atom stereocenters. The third kappa shape index (κ3) is 4.08. The lowest BCUT2D eigenvalue weighted by Crippen LogP contribution is -2.06. The Labute approximate surface area is 158 Å². The van der Waals surface area contributed by atoms with Crippen molar-refractivity contribution in [1.29, 1.82) is 0 Å². The van der Waals surface area contributed by atoms with E-state index < -0.39 is 11.7 Å². The van der Waals surface area contributed by atoms with E-state index >= 15 is 0 Å². The van der Waals surface area contributed by atoms with E-state index in [4.69, 9.17) is 9.47 Å².